The van der Waals surface area contributed by atoms with Crippen LogP contribution in [0.3, 0.4) is 0 Å². The number of nitrogens with one attached hydrogen (secondary N) is 1. The summed E-state index contributed by atoms with van der Waals surface area (Å²) < 4.78 is 11.1. The number of aromatic nitrogens is 3. The summed E-state index contributed by atoms with van der Waals surface area (Å²) in [7, 11) is 1.38. The van der Waals surface area contributed by atoms with E-state index in [1.807, 2.05) is 37.3 Å². The van der Waals surface area contributed by atoms with Crippen LogP contribution in [0, 0.1) is 0 Å². The zero-order valence-corrected chi connectivity index (χ0v) is 20.7. The van der Waals surface area contributed by atoms with Crippen LogP contribution in [0.15, 0.2) is 54.7 Å². The Morgan fingerprint density at radius 1 is 1.20 bits per heavy atom. The van der Waals surface area contributed by atoms with Crippen LogP contribution in [-0.4, -0.2) is 59.2 Å². The van der Waals surface area contributed by atoms with Gasteiger partial charge < -0.3 is 19.4 Å². The summed E-state index contributed by atoms with van der Waals surface area (Å²) in [5, 5.41) is 1.74. The van der Waals surface area contributed by atoms with Gasteiger partial charge in [0.25, 0.3) is 0 Å². The van der Waals surface area contributed by atoms with Crippen molar-refractivity contribution in [3.63, 3.8) is 0 Å². The average molecular weight is 475 g/mol. The molecule has 3 aromatic rings. The molecular weight excluding hydrogens is 440 g/mol. The molecule has 0 spiro atoms. The molecule has 35 heavy (non-hydrogen) atoms. The van der Waals surface area contributed by atoms with E-state index in [9.17, 15) is 4.79 Å². The highest BCUT2D eigenvalue weighted by molar-refractivity contribution is 6.10. The molecule has 0 amide bonds. The van der Waals surface area contributed by atoms with E-state index in [-0.39, 0.29) is 5.97 Å². The van der Waals surface area contributed by atoms with E-state index in [0.717, 1.165) is 34.8 Å². The number of nitrogens with zero attached hydrogens (tertiary/aromatic N) is 3. The molecule has 4 rings (SSSR count). The van der Waals surface area contributed by atoms with Crippen molar-refractivity contribution in [1.82, 2.24) is 19.9 Å². The third kappa shape index (κ3) is 6.17. The van der Waals surface area contributed by atoms with Crippen LogP contribution in [0.5, 0.6) is 5.88 Å². The standard InChI is InChI=1S/C28H34N4O3/c1-4-5-7-11-20(2)18-24-30-26-25(22-13-12-21(28(33)34-3)19-23(22)29-26)27(31-24)35-17-10-16-32-14-8-6-9-15-32/h4-5,7,11-13,19H,2,6,8-10,14-18H2,1,3H3,(H,29,30,31)/b5-4-,11-7-. The first-order valence-electron chi connectivity index (χ1n) is 12.3. The molecule has 1 aliphatic rings. The van der Waals surface area contributed by atoms with Gasteiger partial charge in [-0.15, -0.1) is 0 Å². The maximum absolute atomic E-state index is 12.0. The number of hydrogen-bond acceptors (Lipinski definition) is 6. The number of ether oxygens (including phenoxy) is 2. The molecule has 0 aliphatic carbocycles. The Morgan fingerprint density at radius 2 is 2.03 bits per heavy atom. The molecule has 1 aromatic carbocycles. The summed E-state index contributed by atoms with van der Waals surface area (Å²) in [5.41, 5.74) is 2.86. The molecule has 7 heteroatoms. The second kappa shape index (κ2) is 11.8. The van der Waals surface area contributed by atoms with Gasteiger partial charge in [-0.2, -0.15) is 4.98 Å². The normalized spacial score (nSPS) is 14.9. The molecule has 3 heterocycles. The lowest BCUT2D eigenvalue weighted by Crippen LogP contribution is -2.31. The molecule has 1 fully saturated rings. The van der Waals surface area contributed by atoms with Crippen LogP contribution in [0.2, 0.25) is 0 Å². The van der Waals surface area contributed by atoms with Gasteiger partial charge in [-0.1, -0.05) is 43.4 Å². The second-order valence-corrected chi connectivity index (χ2v) is 8.87. The first kappa shape index (κ1) is 24.7. The molecule has 2 aromatic heterocycles. The van der Waals surface area contributed by atoms with Gasteiger partial charge in [-0.05, 0) is 57.0 Å². The number of carbonyl (C=O) groups excluding carboxylic acids is 1. The number of carbonyl (C=O) groups is 1. The molecule has 184 valence electrons. The molecule has 0 unspecified atom stereocenters. The van der Waals surface area contributed by atoms with Gasteiger partial charge in [-0.3, -0.25) is 0 Å². The van der Waals surface area contributed by atoms with Crippen molar-refractivity contribution in [3.05, 3.63) is 66.0 Å². The van der Waals surface area contributed by atoms with E-state index in [0.29, 0.717) is 35.9 Å². The van der Waals surface area contributed by atoms with Crippen LogP contribution >= 0.6 is 0 Å². The summed E-state index contributed by atoms with van der Waals surface area (Å²) in [6.07, 6.45) is 13.2. The van der Waals surface area contributed by atoms with E-state index >= 15 is 0 Å². The Balaban J connectivity index is 1.61. The smallest absolute Gasteiger partial charge is 0.337 e. The maximum Gasteiger partial charge on any atom is 0.337 e. The number of allylic oxidation sites excluding steroid dienone is 5. The van der Waals surface area contributed by atoms with Crippen LogP contribution in [0.1, 0.15) is 48.8 Å². The fourth-order valence-corrected chi connectivity index (χ4v) is 4.44. The summed E-state index contributed by atoms with van der Waals surface area (Å²) in [6.45, 7) is 10.1. The number of methoxy groups -OCH3 is 1. The van der Waals surface area contributed by atoms with Gasteiger partial charge in [0.2, 0.25) is 5.88 Å². The van der Waals surface area contributed by atoms with Crippen molar-refractivity contribution >= 4 is 27.9 Å². The van der Waals surface area contributed by atoms with Crippen LogP contribution < -0.4 is 4.74 Å². The predicted octanol–water partition coefficient (Wildman–Crippen LogP) is 5.38. The minimum Gasteiger partial charge on any atom is -0.477 e. The van der Waals surface area contributed by atoms with E-state index in [2.05, 4.69) is 16.5 Å². The van der Waals surface area contributed by atoms with Gasteiger partial charge in [0.15, 0.2) is 0 Å². The number of benzene rings is 1. The van der Waals surface area contributed by atoms with Gasteiger partial charge in [0.05, 0.1) is 24.7 Å². The lowest BCUT2D eigenvalue weighted by atomic mass is 10.1. The minimum absolute atomic E-state index is 0.379. The molecule has 0 saturated carbocycles. The summed E-state index contributed by atoms with van der Waals surface area (Å²) in [4.78, 5) is 27.4. The third-order valence-electron chi connectivity index (χ3n) is 6.21. The molecule has 1 aliphatic heterocycles. The molecule has 0 radical (unpaired) electrons. The molecule has 1 saturated heterocycles. The lowest BCUT2D eigenvalue weighted by Gasteiger charge is -2.26. The largest absolute Gasteiger partial charge is 0.477 e. The maximum atomic E-state index is 12.0. The number of hydrogen-bond donors (Lipinski definition) is 1. The van der Waals surface area contributed by atoms with Crippen molar-refractivity contribution in [2.75, 3.05) is 33.4 Å². The van der Waals surface area contributed by atoms with E-state index in [1.54, 1.807) is 12.1 Å². The minimum atomic E-state index is -0.379. The molecule has 0 bridgehead atoms. The lowest BCUT2D eigenvalue weighted by molar-refractivity contribution is 0.0601. The van der Waals surface area contributed by atoms with Crippen LogP contribution in [0.25, 0.3) is 21.9 Å². The number of fused-ring (bicyclic) bond motifs is 3. The van der Waals surface area contributed by atoms with Crippen molar-refractivity contribution in [3.8, 4) is 5.88 Å². The fraction of sp³-hybridized carbons (Fsp3) is 0.393. The Kier molecular flexibility index (Phi) is 8.32. The molecule has 7 nitrogen and oxygen atoms in total. The van der Waals surface area contributed by atoms with Crippen molar-refractivity contribution < 1.29 is 14.3 Å². The van der Waals surface area contributed by atoms with Gasteiger partial charge in [-0.25, -0.2) is 9.78 Å². The summed E-state index contributed by atoms with van der Waals surface area (Å²) in [5.74, 6) is 0.820. The topological polar surface area (TPSA) is 80.3 Å². The van der Waals surface area contributed by atoms with Crippen molar-refractivity contribution in [2.45, 2.75) is 39.0 Å². The number of likely N-dealkylation sites (tertiary alicyclic amines) is 1. The molecular formula is C28H34N4O3. The Labute approximate surface area is 206 Å². The van der Waals surface area contributed by atoms with Crippen molar-refractivity contribution in [2.24, 2.45) is 0 Å². The predicted molar refractivity (Wildman–Crippen MR) is 140 cm³/mol. The van der Waals surface area contributed by atoms with Crippen molar-refractivity contribution in [1.29, 1.82) is 0 Å². The van der Waals surface area contributed by atoms with Crippen LogP contribution in [-0.2, 0) is 11.2 Å². The van der Waals surface area contributed by atoms with E-state index in [4.69, 9.17) is 19.4 Å². The van der Waals surface area contributed by atoms with Gasteiger partial charge in [0, 0.05) is 23.9 Å². The molecule has 0 atom stereocenters. The zero-order chi connectivity index (χ0) is 24.6. The Bertz CT molecular complexity index is 1250. The van der Waals surface area contributed by atoms with Crippen LogP contribution in [0.4, 0.5) is 0 Å². The number of piperidine rings is 1. The first-order valence-corrected chi connectivity index (χ1v) is 12.3. The highest BCUT2D eigenvalue weighted by atomic mass is 16.5. The molecule has 1 N–H and O–H groups in total. The fourth-order valence-electron chi connectivity index (χ4n) is 4.44. The number of rotatable bonds is 10. The second-order valence-electron chi connectivity index (χ2n) is 8.87. The highest BCUT2D eigenvalue weighted by Gasteiger charge is 2.17. The summed E-state index contributed by atoms with van der Waals surface area (Å²) >= 11 is 0. The summed E-state index contributed by atoms with van der Waals surface area (Å²) in [6, 6.07) is 5.42. The average Bonchev–Trinajstić information content (AvgIpc) is 3.24. The quantitative estimate of drug-likeness (QED) is 0.241. The SMILES string of the molecule is C=C(/C=C\C=C/C)Cc1nc(OCCCN2CCCCC2)c2c(n1)[nH]c1cc(C(=O)OC)ccc12. The Morgan fingerprint density at radius 3 is 2.80 bits per heavy atom. The monoisotopic (exact) mass is 474 g/mol. The first-order chi connectivity index (χ1) is 17.1. The number of esters is 1. The number of H-pyrrole nitrogens is 1. The highest BCUT2D eigenvalue weighted by Crippen LogP contribution is 2.32. The Hall–Kier alpha value is -3.45. The van der Waals surface area contributed by atoms with Gasteiger partial charge in [0.1, 0.15) is 11.5 Å². The van der Waals surface area contributed by atoms with Gasteiger partial charge >= 0.3 is 5.97 Å². The zero-order valence-electron chi connectivity index (χ0n) is 20.7. The number of aromatic amines is 1. The third-order valence-corrected chi connectivity index (χ3v) is 6.21. The van der Waals surface area contributed by atoms with E-state index in [1.165, 1.54) is 39.5 Å². The van der Waals surface area contributed by atoms with E-state index < -0.39 is 0 Å².